The van der Waals surface area contributed by atoms with Crippen LogP contribution in [0.3, 0.4) is 0 Å². The molecule has 2 aromatic heterocycles. The highest BCUT2D eigenvalue weighted by Gasteiger charge is 2.12. The van der Waals surface area contributed by atoms with Crippen LogP contribution in [0, 0.1) is 0 Å². The molecule has 5 heteroatoms. The number of carbonyl (C=O) groups excluding carboxylic acids is 1. The van der Waals surface area contributed by atoms with Gasteiger partial charge in [0, 0.05) is 29.0 Å². The second-order valence-electron chi connectivity index (χ2n) is 4.18. The minimum absolute atomic E-state index is 0.212. The molecular weight excluding hydrogens is 240 g/mol. The number of H-pyrrole nitrogens is 1. The molecule has 0 aliphatic rings. The first-order valence-corrected chi connectivity index (χ1v) is 5.83. The van der Waals surface area contributed by atoms with E-state index in [0.717, 1.165) is 10.9 Å². The average Bonchev–Trinajstić information content (AvgIpc) is 2.82. The topological polar surface area (TPSA) is 83.8 Å². The zero-order valence-corrected chi connectivity index (χ0v) is 10.1. The number of pyridine rings is 1. The standard InChI is InChI=1S/C14H12N4O/c15-9-4-5-12-10(7-9)11(8-17-12)14(19)18-13-3-1-2-6-16-13/h1-8,17H,15H2,(H,16,18,19). The largest absolute Gasteiger partial charge is 0.399 e. The Bertz CT molecular complexity index is 734. The molecule has 4 N–H and O–H groups in total. The smallest absolute Gasteiger partial charge is 0.258 e. The molecule has 0 fully saturated rings. The summed E-state index contributed by atoms with van der Waals surface area (Å²) in [5.74, 6) is 0.307. The number of hydrogen-bond donors (Lipinski definition) is 3. The number of carbonyl (C=O) groups is 1. The lowest BCUT2D eigenvalue weighted by molar-refractivity contribution is 0.102. The second kappa shape index (κ2) is 4.45. The van der Waals surface area contributed by atoms with Crippen molar-refractivity contribution in [3.63, 3.8) is 0 Å². The van der Waals surface area contributed by atoms with E-state index in [1.807, 2.05) is 12.1 Å². The first kappa shape index (κ1) is 11.3. The van der Waals surface area contributed by atoms with E-state index in [-0.39, 0.29) is 5.91 Å². The lowest BCUT2D eigenvalue weighted by atomic mass is 10.1. The van der Waals surface area contributed by atoms with Gasteiger partial charge in [0.25, 0.3) is 5.91 Å². The number of rotatable bonds is 2. The number of fused-ring (bicyclic) bond motifs is 1. The first-order chi connectivity index (χ1) is 9.24. The van der Waals surface area contributed by atoms with Crippen LogP contribution in [0.2, 0.25) is 0 Å². The first-order valence-electron chi connectivity index (χ1n) is 5.83. The molecule has 1 aromatic carbocycles. The van der Waals surface area contributed by atoms with E-state index in [1.54, 1.807) is 36.7 Å². The molecule has 94 valence electrons. The Balaban J connectivity index is 1.96. The molecule has 1 amide bonds. The van der Waals surface area contributed by atoms with Gasteiger partial charge >= 0.3 is 0 Å². The van der Waals surface area contributed by atoms with Gasteiger partial charge in [-0.25, -0.2) is 4.98 Å². The van der Waals surface area contributed by atoms with Crippen molar-refractivity contribution in [1.82, 2.24) is 9.97 Å². The fraction of sp³-hybridized carbons (Fsp3) is 0. The van der Waals surface area contributed by atoms with Crippen molar-refractivity contribution in [1.29, 1.82) is 0 Å². The third kappa shape index (κ3) is 2.13. The number of benzene rings is 1. The van der Waals surface area contributed by atoms with Gasteiger partial charge in [-0.1, -0.05) is 6.07 Å². The maximum atomic E-state index is 12.2. The average molecular weight is 252 g/mol. The van der Waals surface area contributed by atoms with Gasteiger partial charge in [-0.05, 0) is 30.3 Å². The van der Waals surface area contributed by atoms with E-state index in [4.69, 9.17) is 5.73 Å². The fourth-order valence-electron chi connectivity index (χ4n) is 1.95. The zero-order valence-electron chi connectivity index (χ0n) is 10.1. The molecule has 0 aliphatic heterocycles. The van der Waals surface area contributed by atoms with Crippen molar-refractivity contribution >= 4 is 28.3 Å². The summed E-state index contributed by atoms with van der Waals surface area (Å²) in [4.78, 5) is 19.3. The third-order valence-electron chi connectivity index (χ3n) is 2.86. The van der Waals surface area contributed by atoms with Gasteiger partial charge in [-0.15, -0.1) is 0 Å². The lowest BCUT2D eigenvalue weighted by Crippen LogP contribution is -2.12. The van der Waals surface area contributed by atoms with Gasteiger partial charge in [-0.2, -0.15) is 0 Å². The molecule has 3 rings (SSSR count). The van der Waals surface area contributed by atoms with Crippen LogP contribution in [-0.2, 0) is 0 Å². The van der Waals surface area contributed by atoms with Gasteiger partial charge < -0.3 is 16.0 Å². The summed E-state index contributed by atoms with van der Waals surface area (Å²) in [6, 6.07) is 10.8. The van der Waals surface area contributed by atoms with Crippen molar-refractivity contribution in [3.05, 3.63) is 54.4 Å². The van der Waals surface area contributed by atoms with Crippen molar-refractivity contribution in [2.75, 3.05) is 11.1 Å². The summed E-state index contributed by atoms with van der Waals surface area (Å²) in [5, 5.41) is 3.54. The normalized spacial score (nSPS) is 10.5. The van der Waals surface area contributed by atoms with Crippen LogP contribution in [0.15, 0.2) is 48.8 Å². The van der Waals surface area contributed by atoms with Crippen LogP contribution in [0.4, 0.5) is 11.5 Å². The summed E-state index contributed by atoms with van der Waals surface area (Å²) >= 11 is 0. The van der Waals surface area contributed by atoms with E-state index in [0.29, 0.717) is 17.1 Å². The highest BCUT2D eigenvalue weighted by atomic mass is 16.1. The van der Waals surface area contributed by atoms with Crippen molar-refractivity contribution in [3.8, 4) is 0 Å². The Morgan fingerprint density at radius 2 is 2.16 bits per heavy atom. The van der Waals surface area contributed by atoms with Gasteiger partial charge in [0.15, 0.2) is 0 Å². The van der Waals surface area contributed by atoms with E-state index in [9.17, 15) is 4.79 Å². The summed E-state index contributed by atoms with van der Waals surface area (Å²) in [6.45, 7) is 0. The van der Waals surface area contributed by atoms with Gasteiger partial charge in [0.2, 0.25) is 0 Å². The number of amides is 1. The number of nitrogens with one attached hydrogen (secondary N) is 2. The monoisotopic (exact) mass is 252 g/mol. The maximum absolute atomic E-state index is 12.2. The number of aromatic amines is 1. The van der Waals surface area contributed by atoms with E-state index in [1.165, 1.54) is 0 Å². The molecule has 2 heterocycles. The molecule has 0 radical (unpaired) electrons. The quantitative estimate of drug-likeness (QED) is 0.612. The van der Waals surface area contributed by atoms with Crippen LogP contribution < -0.4 is 11.1 Å². The number of nitrogens with zero attached hydrogens (tertiary/aromatic N) is 1. The molecule has 0 unspecified atom stereocenters. The number of nitrogen functional groups attached to an aromatic ring is 1. The van der Waals surface area contributed by atoms with Crippen molar-refractivity contribution in [2.45, 2.75) is 0 Å². The third-order valence-corrected chi connectivity index (χ3v) is 2.86. The Labute approximate surface area is 109 Å². The lowest BCUT2D eigenvalue weighted by Gasteiger charge is -2.03. The molecular formula is C14H12N4O. The molecule has 0 atom stereocenters. The SMILES string of the molecule is Nc1ccc2[nH]cc(C(=O)Nc3ccccn3)c2c1. The van der Waals surface area contributed by atoms with Crippen LogP contribution in [0.25, 0.3) is 10.9 Å². The minimum atomic E-state index is -0.212. The molecule has 0 spiro atoms. The Hall–Kier alpha value is -2.82. The fourth-order valence-corrected chi connectivity index (χ4v) is 1.95. The number of anilines is 2. The van der Waals surface area contributed by atoms with E-state index >= 15 is 0 Å². The summed E-state index contributed by atoms with van der Waals surface area (Å²) in [7, 11) is 0. The number of hydrogen-bond acceptors (Lipinski definition) is 3. The van der Waals surface area contributed by atoms with Gasteiger partial charge in [-0.3, -0.25) is 4.79 Å². The van der Waals surface area contributed by atoms with E-state index in [2.05, 4.69) is 15.3 Å². The summed E-state index contributed by atoms with van der Waals surface area (Å²) in [5.41, 5.74) is 7.80. The molecule has 0 aliphatic carbocycles. The highest BCUT2D eigenvalue weighted by molar-refractivity contribution is 6.12. The second-order valence-corrected chi connectivity index (χ2v) is 4.18. The van der Waals surface area contributed by atoms with Gasteiger partial charge in [0.1, 0.15) is 5.82 Å². The Morgan fingerprint density at radius 3 is 2.95 bits per heavy atom. The molecule has 3 aromatic rings. The van der Waals surface area contributed by atoms with Crippen LogP contribution >= 0.6 is 0 Å². The molecule has 0 bridgehead atoms. The highest BCUT2D eigenvalue weighted by Crippen LogP contribution is 2.21. The number of nitrogens with two attached hydrogens (primary N) is 1. The Kier molecular flexibility index (Phi) is 2.64. The predicted octanol–water partition coefficient (Wildman–Crippen LogP) is 2.40. The van der Waals surface area contributed by atoms with Crippen LogP contribution in [0.5, 0.6) is 0 Å². The molecule has 19 heavy (non-hydrogen) atoms. The minimum Gasteiger partial charge on any atom is -0.399 e. The maximum Gasteiger partial charge on any atom is 0.258 e. The predicted molar refractivity (Wildman–Crippen MR) is 74.9 cm³/mol. The molecule has 0 saturated carbocycles. The summed E-state index contributed by atoms with van der Waals surface area (Å²) in [6.07, 6.45) is 3.30. The Morgan fingerprint density at radius 1 is 1.26 bits per heavy atom. The van der Waals surface area contributed by atoms with Gasteiger partial charge in [0.05, 0.1) is 5.56 Å². The summed E-state index contributed by atoms with van der Waals surface area (Å²) < 4.78 is 0. The van der Waals surface area contributed by atoms with Crippen LogP contribution in [0.1, 0.15) is 10.4 Å². The number of aromatic nitrogens is 2. The molecule has 0 saturated heterocycles. The van der Waals surface area contributed by atoms with Crippen molar-refractivity contribution < 1.29 is 4.79 Å². The van der Waals surface area contributed by atoms with E-state index < -0.39 is 0 Å². The van der Waals surface area contributed by atoms with Crippen LogP contribution in [-0.4, -0.2) is 15.9 Å². The zero-order chi connectivity index (χ0) is 13.2. The molecule has 5 nitrogen and oxygen atoms in total. The van der Waals surface area contributed by atoms with Crippen molar-refractivity contribution in [2.24, 2.45) is 0 Å².